The smallest absolute Gasteiger partial charge is 0.303 e. The molecule has 0 spiro atoms. The van der Waals surface area contributed by atoms with E-state index in [0.717, 1.165) is 6.92 Å². The van der Waals surface area contributed by atoms with Gasteiger partial charge in [-0.15, -0.1) is 0 Å². The summed E-state index contributed by atoms with van der Waals surface area (Å²) in [5, 5.41) is 2.61. The summed E-state index contributed by atoms with van der Waals surface area (Å²) in [4.78, 5) is 46.6. The molecule has 1 aliphatic heterocycles. The molecule has 1 heterocycles. The van der Waals surface area contributed by atoms with Crippen LogP contribution in [0.3, 0.4) is 0 Å². The minimum Gasteiger partial charge on any atom is -0.463 e. The molecule has 0 aromatic rings. The summed E-state index contributed by atoms with van der Waals surface area (Å²) in [6.07, 6.45) is -4.48. The zero-order valence-corrected chi connectivity index (χ0v) is 19.4. The SMILES string of the molecule is CC(=O)NC1C(OCCOCCOCCN)O[C@H](COC(C)=O)C(OC(C)=O)C1OC(C)=O. The standard InChI is InChI=1S/C20H34N2O11/c1-12(23)22-17-19(32-15(4)26)18(31-14(3)25)16(11-30-13(2)24)33-20(17)29-10-9-28-8-7-27-6-5-21/h16-20H,5-11,21H2,1-4H3,(H,22,23)/t16-,17?,18?,19?,20?/m1/s1. The Hall–Kier alpha value is -2.32. The molecule has 1 saturated heterocycles. The van der Waals surface area contributed by atoms with Crippen LogP contribution in [0.25, 0.3) is 0 Å². The number of carbonyl (C=O) groups excluding carboxylic acids is 4. The number of rotatable bonds is 14. The molecular formula is C20H34N2O11. The van der Waals surface area contributed by atoms with Crippen LogP contribution in [0.2, 0.25) is 0 Å². The van der Waals surface area contributed by atoms with E-state index in [4.69, 9.17) is 38.9 Å². The number of nitrogens with two attached hydrogens (primary N) is 1. The molecule has 0 aliphatic carbocycles. The van der Waals surface area contributed by atoms with Gasteiger partial charge in [0.25, 0.3) is 0 Å². The van der Waals surface area contributed by atoms with Crippen molar-refractivity contribution in [2.45, 2.75) is 58.3 Å². The normalized spacial score (nSPS) is 24.6. The van der Waals surface area contributed by atoms with Crippen LogP contribution >= 0.6 is 0 Å². The van der Waals surface area contributed by atoms with E-state index in [2.05, 4.69) is 5.32 Å². The second kappa shape index (κ2) is 15.5. The van der Waals surface area contributed by atoms with E-state index < -0.39 is 54.5 Å². The zero-order valence-electron chi connectivity index (χ0n) is 19.4. The second-order valence-corrected chi connectivity index (χ2v) is 7.10. The summed E-state index contributed by atoms with van der Waals surface area (Å²) >= 11 is 0. The van der Waals surface area contributed by atoms with Gasteiger partial charge in [0, 0.05) is 34.2 Å². The van der Waals surface area contributed by atoms with Gasteiger partial charge in [0.2, 0.25) is 5.91 Å². The van der Waals surface area contributed by atoms with Crippen LogP contribution in [0.1, 0.15) is 27.7 Å². The van der Waals surface area contributed by atoms with Crippen LogP contribution in [0.4, 0.5) is 0 Å². The molecule has 0 aromatic heterocycles. The number of esters is 3. The van der Waals surface area contributed by atoms with Gasteiger partial charge in [0.05, 0.1) is 33.0 Å². The van der Waals surface area contributed by atoms with Gasteiger partial charge in [0.15, 0.2) is 18.5 Å². The van der Waals surface area contributed by atoms with Crippen molar-refractivity contribution < 1.29 is 52.3 Å². The fraction of sp³-hybridized carbons (Fsp3) is 0.800. The van der Waals surface area contributed by atoms with Crippen molar-refractivity contribution in [3.05, 3.63) is 0 Å². The Balaban J connectivity index is 2.95. The third kappa shape index (κ3) is 11.4. The van der Waals surface area contributed by atoms with E-state index in [1.54, 1.807) is 0 Å². The largest absolute Gasteiger partial charge is 0.463 e. The van der Waals surface area contributed by atoms with Crippen LogP contribution < -0.4 is 11.1 Å². The van der Waals surface area contributed by atoms with Gasteiger partial charge in [-0.05, 0) is 0 Å². The molecule has 1 rings (SSSR count). The molecule has 33 heavy (non-hydrogen) atoms. The van der Waals surface area contributed by atoms with Crippen LogP contribution in [0.5, 0.6) is 0 Å². The molecule has 13 heteroatoms. The first-order valence-electron chi connectivity index (χ1n) is 10.5. The van der Waals surface area contributed by atoms with Gasteiger partial charge in [-0.25, -0.2) is 0 Å². The molecule has 0 aromatic carbocycles. The highest BCUT2D eigenvalue weighted by Gasteiger charge is 2.51. The average Bonchev–Trinajstić information content (AvgIpc) is 2.71. The monoisotopic (exact) mass is 478 g/mol. The molecule has 4 unspecified atom stereocenters. The Morgan fingerprint density at radius 1 is 0.818 bits per heavy atom. The molecular weight excluding hydrogens is 444 g/mol. The van der Waals surface area contributed by atoms with E-state index in [-0.39, 0.29) is 19.8 Å². The fourth-order valence-electron chi connectivity index (χ4n) is 3.06. The topological polar surface area (TPSA) is 171 Å². The van der Waals surface area contributed by atoms with Gasteiger partial charge < -0.3 is 44.2 Å². The van der Waals surface area contributed by atoms with Crippen molar-refractivity contribution in [2.24, 2.45) is 5.73 Å². The van der Waals surface area contributed by atoms with Crippen molar-refractivity contribution in [1.29, 1.82) is 0 Å². The van der Waals surface area contributed by atoms with Crippen molar-refractivity contribution in [1.82, 2.24) is 5.32 Å². The number of hydrogen-bond donors (Lipinski definition) is 2. The number of amides is 1. The maximum atomic E-state index is 11.8. The van der Waals surface area contributed by atoms with E-state index in [1.807, 2.05) is 0 Å². The van der Waals surface area contributed by atoms with Crippen molar-refractivity contribution in [2.75, 3.05) is 46.2 Å². The van der Waals surface area contributed by atoms with Gasteiger partial charge in [-0.2, -0.15) is 0 Å². The third-order valence-electron chi connectivity index (χ3n) is 4.22. The fourth-order valence-corrected chi connectivity index (χ4v) is 3.06. The maximum Gasteiger partial charge on any atom is 0.303 e. The van der Waals surface area contributed by atoms with E-state index in [0.29, 0.717) is 26.4 Å². The molecule has 1 aliphatic rings. The third-order valence-corrected chi connectivity index (χ3v) is 4.22. The van der Waals surface area contributed by atoms with Crippen molar-refractivity contribution in [3.8, 4) is 0 Å². The lowest BCUT2D eigenvalue weighted by Crippen LogP contribution is -2.66. The predicted molar refractivity (Wildman–Crippen MR) is 111 cm³/mol. The van der Waals surface area contributed by atoms with Gasteiger partial charge in [0.1, 0.15) is 18.8 Å². The molecule has 3 N–H and O–H groups in total. The molecule has 13 nitrogen and oxygen atoms in total. The van der Waals surface area contributed by atoms with Gasteiger partial charge in [-0.3, -0.25) is 19.2 Å². The summed E-state index contributed by atoms with van der Waals surface area (Å²) in [6.45, 7) is 6.28. The summed E-state index contributed by atoms with van der Waals surface area (Å²) in [6, 6.07) is -1.02. The highest BCUT2D eigenvalue weighted by Crippen LogP contribution is 2.28. The number of ether oxygens (including phenoxy) is 7. The Labute approximate surface area is 192 Å². The Kier molecular flexibility index (Phi) is 13.5. The first-order chi connectivity index (χ1) is 15.6. The highest BCUT2D eigenvalue weighted by molar-refractivity contribution is 5.73. The average molecular weight is 478 g/mol. The summed E-state index contributed by atoms with van der Waals surface area (Å²) in [7, 11) is 0. The van der Waals surface area contributed by atoms with Crippen LogP contribution in [0.15, 0.2) is 0 Å². The summed E-state index contributed by atoms with van der Waals surface area (Å²) < 4.78 is 37.9. The molecule has 1 amide bonds. The van der Waals surface area contributed by atoms with Gasteiger partial charge in [-0.1, -0.05) is 0 Å². The van der Waals surface area contributed by atoms with Crippen LogP contribution in [-0.4, -0.2) is 101 Å². The van der Waals surface area contributed by atoms with Crippen molar-refractivity contribution >= 4 is 23.8 Å². The van der Waals surface area contributed by atoms with E-state index >= 15 is 0 Å². The Morgan fingerprint density at radius 3 is 1.94 bits per heavy atom. The zero-order chi connectivity index (χ0) is 24.8. The molecule has 0 saturated carbocycles. The van der Waals surface area contributed by atoms with Crippen molar-refractivity contribution in [3.63, 3.8) is 0 Å². The van der Waals surface area contributed by atoms with Crippen LogP contribution in [0, 0.1) is 0 Å². The minimum absolute atomic E-state index is 0.0585. The van der Waals surface area contributed by atoms with E-state index in [1.165, 1.54) is 20.8 Å². The lowest BCUT2D eigenvalue weighted by Gasteiger charge is -2.44. The Bertz CT molecular complexity index is 646. The number of carbonyl (C=O) groups is 4. The summed E-state index contributed by atoms with van der Waals surface area (Å²) in [5.74, 6) is -2.40. The maximum absolute atomic E-state index is 11.8. The van der Waals surface area contributed by atoms with Crippen LogP contribution in [-0.2, 0) is 52.3 Å². The second-order valence-electron chi connectivity index (χ2n) is 7.10. The lowest BCUT2D eigenvalue weighted by molar-refractivity contribution is -0.279. The number of nitrogens with one attached hydrogen (secondary N) is 1. The lowest BCUT2D eigenvalue weighted by atomic mass is 9.96. The van der Waals surface area contributed by atoms with Gasteiger partial charge >= 0.3 is 17.9 Å². The molecule has 0 radical (unpaired) electrons. The molecule has 0 bridgehead atoms. The molecule has 5 atom stereocenters. The van der Waals surface area contributed by atoms with E-state index in [9.17, 15) is 19.2 Å². The minimum atomic E-state index is -1.17. The molecule has 1 fully saturated rings. The first-order valence-corrected chi connectivity index (χ1v) is 10.5. The number of hydrogen-bond acceptors (Lipinski definition) is 12. The first kappa shape index (κ1) is 28.7. The Morgan fingerprint density at radius 2 is 1.39 bits per heavy atom. The quantitative estimate of drug-likeness (QED) is 0.171. The predicted octanol–water partition coefficient (Wildman–Crippen LogP) is -1.35. The summed E-state index contributed by atoms with van der Waals surface area (Å²) in [5.41, 5.74) is 5.33. The molecule has 190 valence electrons. The highest BCUT2D eigenvalue weighted by atomic mass is 16.7.